The molecule has 0 bridgehead atoms. The van der Waals surface area contributed by atoms with Crippen molar-refractivity contribution in [3.8, 4) is 11.5 Å². The average Bonchev–Trinajstić information content (AvgIpc) is 3.16. The van der Waals surface area contributed by atoms with Gasteiger partial charge in [-0.05, 0) is 54.4 Å². The number of hydrogen-bond donors (Lipinski definition) is 2. The summed E-state index contributed by atoms with van der Waals surface area (Å²) in [5, 5.41) is 12.0. The number of aryl methyl sites for hydroxylation is 1. The van der Waals surface area contributed by atoms with E-state index in [0.29, 0.717) is 16.8 Å². The van der Waals surface area contributed by atoms with Gasteiger partial charge in [-0.15, -0.1) is 0 Å². The molecule has 1 aliphatic rings. The normalized spacial score (nSPS) is 12.8. The SMILES string of the molecule is COc1cc(CC2=NC(=O)N(CC(=O)Nc3ccc(C)cc3)C2=O)cc(Cl)c1OCc1cccc(C(=O)O)c1. The van der Waals surface area contributed by atoms with Crippen LogP contribution in [0.25, 0.3) is 0 Å². The van der Waals surface area contributed by atoms with Crippen LogP contribution in [0, 0.1) is 6.92 Å². The molecule has 10 nitrogen and oxygen atoms in total. The Bertz CT molecular complexity index is 1480. The lowest BCUT2D eigenvalue weighted by Crippen LogP contribution is -2.39. The zero-order chi connectivity index (χ0) is 28.1. The van der Waals surface area contributed by atoms with Gasteiger partial charge in [-0.1, -0.05) is 41.4 Å². The van der Waals surface area contributed by atoms with Crippen LogP contribution in [0.1, 0.15) is 27.0 Å². The number of benzene rings is 3. The van der Waals surface area contributed by atoms with E-state index in [1.54, 1.807) is 36.4 Å². The van der Waals surface area contributed by atoms with Gasteiger partial charge in [0.2, 0.25) is 5.91 Å². The summed E-state index contributed by atoms with van der Waals surface area (Å²) in [6.45, 7) is 1.48. The van der Waals surface area contributed by atoms with Gasteiger partial charge in [-0.3, -0.25) is 9.59 Å². The van der Waals surface area contributed by atoms with Crippen molar-refractivity contribution < 1.29 is 33.8 Å². The van der Waals surface area contributed by atoms with Crippen molar-refractivity contribution in [2.24, 2.45) is 4.99 Å². The molecular weight excluding hydrogens is 526 g/mol. The van der Waals surface area contributed by atoms with Crippen LogP contribution in [0.4, 0.5) is 10.5 Å². The Morgan fingerprint density at radius 1 is 1.05 bits per heavy atom. The van der Waals surface area contributed by atoms with E-state index >= 15 is 0 Å². The molecule has 0 fully saturated rings. The maximum atomic E-state index is 12.9. The van der Waals surface area contributed by atoms with E-state index in [4.69, 9.17) is 21.1 Å². The number of hydrogen-bond acceptors (Lipinski definition) is 6. The molecule has 39 heavy (non-hydrogen) atoms. The van der Waals surface area contributed by atoms with Gasteiger partial charge in [0.05, 0.1) is 17.7 Å². The van der Waals surface area contributed by atoms with E-state index in [2.05, 4.69) is 10.3 Å². The number of urea groups is 1. The lowest BCUT2D eigenvalue weighted by atomic mass is 10.1. The minimum absolute atomic E-state index is 0.0301. The quantitative estimate of drug-likeness (QED) is 0.379. The van der Waals surface area contributed by atoms with Crippen molar-refractivity contribution in [3.05, 3.63) is 87.9 Å². The number of aromatic carboxylic acids is 1. The van der Waals surface area contributed by atoms with Crippen LogP contribution in [0.2, 0.25) is 5.02 Å². The zero-order valence-corrected chi connectivity index (χ0v) is 21.8. The number of methoxy groups -OCH3 is 1. The first-order valence-electron chi connectivity index (χ1n) is 11.8. The zero-order valence-electron chi connectivity index (χ0n) is 21.1. The number of carboxylic acids is 1. The van der Waals surface area contributed by atoms with Crippen molar-refractivity contribution in [3.63, 3.8) is 0 Å². The van der Waals surface area contributed by atoms with E-state index in [-0.39, 0.29) is 40.8 Å². The van der Waals surface area contributed by atoms with E-state index in [9.17, 15) is 24.3 Å². The van der Waals surface area contributed by atoms with Gasteiger partial charge in [0.1, 0.15) is 18.9 Å². The van der Waals surface area contributed by atoms with Gasteiger partial charge in [0, 0.05) is 12.1 Å². The molecule has 1 heterocycles. The highest BCUT2D eigenvalue weighted by atomic mass is 35.5. The van der Waals surface area contributed by atoms with Gasteiger partial charge in [-0.25, -0.2) is 14.5 Å². The summed E-state index contributed by atoms with van der Waals surface area (Å²) in [4.78, 5) is 53.5. The molecule has 2 N–H and O–H groups in total. The number of ether oxygens (including phenoxy) is 2. The molecular formula is C28H24ClN3O7. The number of nitrogens with zero attached hydrogens (tertiary/aromatic N) is 2. The lowest BCUT2D eigenvalue weighted by molar-refractivity contribution is -0.125. The van der Waals surface area contributed by atoms with Crippen LogP contribution >= 0.6 is 11.6 Å². The third-order valence-corrected chi connectivity index (χ3v) is 6.09. The number of imide groups is 1. The predicted octanol–water partition coefficient (Wildman–Crippen LogP) is 4.52. The number of carbonyl (C=O) groups excluding carboxylic acids is 3. The van der Waals surface area contributed by atoms with Crippen LogP contribution in [0.3, 0.4) is 0 Å². The molecule has 0 aliphatic carbocycles. The largest absolute Gasteiger partial charge is 0.493 e. The Labute approximate surface area is 228 Å². The van der Waals surface area contributed by atoms with Crippen molar-refractivity contribution in [2.45, 2.75) is 20.0 Å². The Morgan fingerprint density at radius 2 is 1.79 bits per heavy atom. The minimum atomic E-state index is -1.05. The molecule has 0 saturated carbocycles. The first-order chi connectivity index (χ1) is 18.6. The Kier molecular flexibility index (Phi) is 8.26. The van der Waals surface area contributed by atoms with Crippen LogP contribution in [-0.4, -0.2) is 53.2 Å². The standard InChI is InChI=1S/C28H24ClN3O7/c1-16-6-8-20(9-7-16)30-24(33)14-32-26(34)22(31-28(32)37)12-18-11-21(29)25(23(13-18)38-2)39-15-17-4-3-5-19(10-17)27(35)36/h3-11,13H,12,14-15H2,1-2H3,(H,30,33)(H,35,36). The Balaban J connectivity index is 1.42. The molecule has 3 aromatic carbocycles. The first kappa shape index (κ1) is 27.3. The fraction of sp³-hybridized carbons (Fsp3) is 0.179. The molecule has 0 atom stereocenters. The summed E-state index contributed by atoms with van der Waals surface area (Å²) in [5.74, 6) is -1.75. The molecule has 0 radical (unpaired) electrons. The minimum Gasteiger partial charge on any atom is -0.493 e. The van der Waals surface area contributed by atoms with Gasteiger partial charge in [-0.2, -0.15) is 4.99 Å². The van der Waals surface area contributed by atoms with Crippen molar-refractivity contribution in [2.75, 3.05) is 19.0 Å². The molecule has 200 valence electrons. The number of amides is 4. The summed E-state index contributed by atoms with van der Waals surface area (Å²) in [5.41, 5.74) is 2.81. The maximum absolute atomic E-state index is 12.9. The summed E-state index contributed by atoms with van der Waals surface area (Å²) in [6, 6.07) is 15.7. The summed E-state index contributed by atoms with van der Waals surface area (Å²) in [6.07, 6.45) is -0.0301. The first-order valence-corrected chi connectivity index (χ1v) is 12.1. The highest BCUT2D eigenvalue weighted by Crippen LogP contribution is 2.37. The molecule has 4 rings (SSSR count). The number of nitrogens with one attached hydrogen (secondary N) is 1. The second-order valence-electron chi connectivity index (χ2n) is 8.73. The second-order valence-corrected chi connectivity index (χ2v) is 9.13. The molecule has 11 heteroatoms. The van der Waals surface area contributed by atoms with Gasteiger partial charge in [0.15, 0.2) is 11.5 Å². The van der Waals surface area contributed by atoms with E-state index in [0.717, 1.165) is 10.5 Å². The molecule has 0 spiro atoms. The molecule has 0 saturated heterocycles. The molecule has 0 aromatic heterocycles. The highest BCUT2D eigenvalue weighted by molar-refractivity contribution is 6.47. The topological polar surface area (TPSA) is 135 Å². The molecule has 3 aromatic rings. The maximum Gasteiger partial charge on any atom is 0.351 e. The van der Waals surface area contributed by atoms with E-state index in [1.807, 2.05) is 19.1 Å². The average molecular weight is 550 g/mol. The van der Waals surface area contributed by atoms with E-state index < -0.39 is 30.4 Å². The fourth-order valence-electron chi connectivity index (χ4n) is 3.86. The number of rotatable bonds is 10. The van der Waals surface area contributed by atoms with Gasteiger partial charge >= 0.3 is 12.0 Å². The molecule has 1 aliphatic heterocycles. The molecule has 0 unspecified atom stereocenters. The Morgan fingerprint density at radius 3 is 2.49 bits per heavy atom. The predicted molar refractivity (Wildman–Crippen MR) is 144 cm³/mol. The number of halogens is 1. The van der Waals surface area contributed by atoms with Crippen LogP contribution in [-0.2, 0) is 22.6 Å². The number of aliphatic imine (C=N–C) groups is 1. The second kappa shape index (κ2) is 11.8. The highest BCUT2D eigenvalue weighted by Gasteiger charge is 2.34. The third kappa shape index (κ3) is 6.60. The fourth-order valence-corrected chi connectivity index (χ4v) is 4.15. The smallest absolute Gasteiger partial charge is 0.351 e. The van der Waals surface area contributed by atoms with E-state index in [1.165, 1.54) is 19.2 Å². The number of carbonyl (C=O) groups is 4. The van der Waals surface area contributed by atoms with Gasteiger partial charge < -0.3 is 19.9 Å². The molecule has 4 amide bonds. The van der Waals surface area contributed by atoms with Gasteiger partial charge in [0.25, 0.3) is 5.91 Å². The van der Waals surface area contributed by atoms with Crippen molar-refractivity contribution in [1.29, 1.82) is 0 Å². The summed E-state index contributed by atoms with van der Waals surface area (Å²) < 4.78 is 11.2. The van der Waals surface area contributed by atoms with Crippen LogP contribution in [0.15, 0.2) is 65.7 Å². The lowest BCUT2D eigenvalue weighted by Gasteiger charge is -2.15. The van der Waals surface area contributed by atoms with Crippen molar-refractivity contribution >= 4 is 46.8 Å². The van der Waals surface area contributed by atoms with Crippen molar-refractivity contribution in [1.82, 2.24) is 4.90 Å². The number of anilines is 1. The van der Waals surface area contributed by atoms with Crippen LogP contribution in [0.5, 0.6) is 11.5 Å². The third-order valence-electron chi connectivity index (χ3n) is 5.81. The summed E-state index contributed by atoms with van der Waals surface area (Å²) in [7, 11) is 1.42. The van der Waals surface area contributed by atoms with Crippen LogP contribution < -0.4 is 14.8 Å². The monoisotopic (exact) mass is 549 g/mol. The Hall–Kier alpha value is -4.70. The number of carboxylic acid groups (broad SMARTS) is 1. The summed E-state index contributed by atoms with van der Waals surface area (Å²) >= 11 is 6.44.